The lowest BCUT2D eigenvalue weighted by Gasteiger charge is -2.19. The van der Waals surface area contributed by atoms with Crippen LogP contribution in [-0.2, 0) is 17.9 Å². The second-order valence-electron chi connectivity index (χ2n) is 9.07. The molecule has 2 unspecified atom stereocenters. The van der Waals surface area contributed by atoms with E-state index in [4.69, 9.17) is 11.6 Å². The third-order valence-corrected chi connectivity index (χ3v) is 6.65. The Kier molecular flexibility index (Phi) is 7.63. The first-order valence-corrected chi connectivity index (χ1v) is 11.9. The first kappa shape index (κ1) is 24.3. The Morgan fingerprint density at radius 1 is 1.29 bits per heavy atom. The summed E-state index contributed by atoms with van der Waals surface area (Å²) >= 11 is 6.66. The highest BCUT2D eigenvalue weighted by molar-refractivity contribution is 6.31. The molecule has 0 aliphatic carbocycles. The molecule has 2 aromatic heterocycles. The number of H-pyrrole nitrogens is 2. The number of hydrogen-bond acceptors (Lipinski definition) is 6. The van der Waals surface area contributed by atoms with E-state index in [9.17, 15) is 9.59 Å². The summed E-state index contributed by atoms with van der Waals surface area (Å²) in [7, 11) is 3.79. The van der Waals surface area contributed by atoms with Crippen LogP contribution in [-0.4, -0.2) is 64.9 Å². The fraction of sp³-hybridized carbons (Fsp3) is 0.400. The number of ketones is 1. The molecule has 1 saturated heterocycles. The van der Waals surface area contributed by atoms with E-state index in [1.54, 1.807) is 6.20 Å². The minimum absolute atomic E-state index is 0.0456. The van der Waals surface area contributed by atoms with E-state index in [0.717, 1.165) is 52.8 Å². The Morgan fingerprint density at radius 2 is 2.12 bits per heavy atom. The van der Waals surface area contributed by atoms with Crippen molar-refractivity contribution in [1.82, 2.24) is 30.7 Å². The van der Waals surface area contributed by atoms with E-state index in [-0.39, 0.29) is 11.8 Å². The summed E-state index contributed by atoms with van der Waals surface area (Å²) in [5.74, 6) is 0.223. The molecule has 34 heavy (non-hydrogen) atoms. The first-order valence-electron chi connectivity index (χ1n) is 11.5. The van der Waals surface area contributed by atoms with Crippen molar-refractivity contribution in [3.8, 4) is 22.4 Å². The number of likely N-dealkylation sites (N-methyl/N-ethyl adjacent to an activating group) is 1. The minimum atomic E-state index is -0.0456. The van der Waals surface area contributed by atoms with Gasteiger partial charge in [-0.1, -0.05) is 23.7 Å². The molecule has 180 valence electrons. The average Bonchev–Trinajstić information content (AvgIpc) is 3.54. The second kappa shape index (κ2) is 10.7. The molecule has 4 rings (SSSR count). The molecule has 1 aromatic carbocycles. The molecule has 8 nitrogen and oxygen atoms in total. The molecular formula is C25H31ClN6O2. The molecule has 1 aliphatic rings. The van der Waals surface area contributed by atoms with Crippen LogP contribution in [0.2, 0.25) is 5.02 Å². The van der Waals surface area contributed by atoms with Gasteiger partial charge < -0.3 is 15.6 Å². The molecule has 4 N–H and O–H groups in total. The number of hydrogen-bond donors (Lipinski definition) is 4. The van der Waals surface area contributed by atoms with Crippen molar-refractivity contribution in [2.24, 2.45) is 0 Å². The molecule has 1 fully saturated rings. The van der Waals surface area contributed by atoms with Gasteiger partial charge in [0.2, 0.25) is 0 Å². The molecule has 0 saturated carbocycles. The van der Waals surface area contributed by atoms with Gasteiger partial charge >= 0.3 is 0 Å². The largest absolute Gasteiger partial charge is 0.355 e. The van der Waals surface area contributed by atoms with Crippen molar-refractivity contribution in [3.63, 3.8) is 0 Å². The number of carbonyl (C=O) groups excluding carboxylic acids is 2. The van der Waals surface area contributed by atoms with Gasteiger partial charge in [-0.15, -0.1) is 0 Å². The highest BCUT2D eigenvalue weighted by Crippen LogP contribution is 2.34. The Balaban J connectivity index is 1.50. The first-order chi connectivity index (χ1) is 16.4. The number of aromatic nitrogens is 3. The molecule has 0 radical (unpaired) electrons. The molecule has 3 aromatic rings. The standard InChI is InChI=1S/C25H31ClN6O2/c1-15-4-7-22(29-15)24(34)13-32(3)12-17-6-5-16(8-21(17)26)20-10-28-31-25(20)19-9-18(14-33)30-23(19)11-27-2/h5-6,8-10,14-15,22,27,29-30H,4,7,11-13H2,1-3H3,(H,28,31). The van der Waals surface area contributed by atoms with Crippen LogP contribution in [0.1, 0.15) is 41.5 Å². The number of nitrogens with one attached hydrogen (secondary N) is 4. The van der Waals surface area contributed by atoms with Crippen LogP contribution in [0.3, 0.4) is 0 Å². The molecule has 0 bridgehead atoms. The summed E-state index contributed by atoms with van der Waals surface area (Å²) in [4.78, 5) is 29.0. The maximum atomic E-state index is 12.6. The van der Waals surface area contributed by atoms with Crippen LogP contribution in [0.5, 0.6) is 0 Å². The van der Waals surface area contributed by atoms with E-state index >= 15 is 0 Å². The number of Topliss-reactive ketones (excluding diaryl/α,β-unsaturated/α-hetero) is 1. The number of benzene rings is 1. The lowest BCUT2D eigenvalue weighted by atomic mass is 10.00. The predicted octanol–water partition coefficient (Wildman–Crippen LogP) is 3.40. The Hall–Kier alpha value is -2.78. The SMILES string of the molecule is CNCc1[nH]c(C=O)cc1-c1[nH]ncc1-c1ccc(CN(C)CC(=O)C2CCC(C)N2)c(Cl)c1. The molecule has 0 spiro atoms. The molecular weight excluding hydrogens is 452 g/mol. The smallest absolute Gasteiger partial charge is 0.166 e. The van der Waals surface area contributed by atoms with Crippen LogP contribution in [0, 0.1) is 0 Å². The van der Waals surface area contributed by atoms with Crippen molar-refractivity contribution in [3.05, 3.63) is 52.4 Å². The monoisotopic (exact) mass is 482 g/mol. The number of carbonyl (C=O) groups is 2. The number of halogens is 1. The van der Waals surface area contributed by atoms with Gasteiger partial charge in [0.25, 0.3) is 0 Å². The number of nitrogens with zero attached hydrogens (tertiary/aromatic N) is 2. The third-order valence-electron chi connectivity index (χ3n) is 6.30. The van der Waals surface area contributed by atoms with E-state index in [1.807, 2.05) is 43.3 Å². The van der Waals surface area contributed by atoms with Crippen LogP contribution in [0.15, 0.2) is 30.5 Å². The summed E-state index contributed by atoms with van der Waals surface area (Å²) in [6.45, 7) is 3.66. The molecule has 2 atom stereocenters. The fourth-order valence-corrected chi connectivity index (χ4v) is 4.82. The van der Waals surface area contributed by atoms with Crippen molar-refractivity contribution < 1.29 is 9.59 Å². The predicted molar refractivity (Wildman–Crippen MR) is 134 cm³/mol. The summed E-state index contributed by atoms with van der Waals surface area (Å²) < 4.78 is 0. The Labute approximate surface area is 204 Å². The van der Waals surface area contributed by atoms with Crippen LogP contribution in [0.25, 0.3) is 22.4 Å². The van der Waals surface area contributed by atoms with Gasteiger partial charge in [-0.05, 0) is 57.1 Å². The van der Waals surface area contributed by atoms with Gasteiger partial charge in [0.05, 0.1) is 30.2 Å². The highest BCUT2D eigenvalue weighted by atomic mass is 35.5. The third kappa shape index (κ3) is 5.31. The molecule has 1 aliphatic heterocycles. The van der Waals surface area contributed by atoms with E-state index in [2.05, 4.69) is 32.7 Å². The second-order valence-corrected chi connectivity index (χ2v) is 9.47. The van der Waals surface area contributed by atoms with Gasteiger partial charge in [-0.25, -0.2) is 0 Å². The number of aldehydes is 1. The zero-order valence-corrected chi connectivity index (χ0v) is 20.5. The quantitative estimate of drug-likeness (QED) is 0.330. The van der Waals surface area contributed by atoms with E-state index < -0.39 is 0 Å². The summed E-state index contributed by atoms with van der Waals surface area (Å²) in [6.07, 6.45) is 4.51. The normalized spacial score (nSPS) is 18.0. The average molecular weight is 483 g/mol. The van der Waals surface area contributed by atoms with Crippen molar-refractivity contribution in [1.29, 1.82) is 0 Å². The topological polar surface area (TPSA) is 106 Å². The van der Waals surface area contributed by atoms with Gasteiger partial charge in [0, 0.05) is 41.0 Å². The fourth-order valence-electron chi connectivity index (χ4n) is 4.58. The highest BCUT2D eigenvalue weighted by Gasteiger charge is 2.27. The van der Waals surface area contributed by atoms with Crippen LogP contribution >= 0.6 is 11.6 Å². The van der Waals surface area contributed by atoms with Crippen molar-refractivity contribution >= 4 is 23.7 Å². The molecule has 0 amide bonds. The summed E-state index contributed by atoms with van der Waals surface area (Å²) in [6, 6.07) is 8.10. The Bertz CT molecular complexity index is 1170. The van der Waals surface area contributed by atoms with Crippen molar-refractivity contribution in [2.75, 3.05) is 20.6 Å². The molecule has 3 heterocycles. The molecule has 9 heteroatoms. The van der Waals surface area contributed by atoms with Crippen LogP contribution in [0.4, 0.5) is 0 Å². The van der Waals surface area contributed by atoms with Gasteiger partial charge in [0.15, 0.2) is 12.1 Å². The van der Waals surface area contributed by atoms with Crippen molar-refractivity contribution in [2.45, 2.75) is 44.9 Å². The maximum Gasteiger partial charge on any atom is 0.166 e. The number of rotatable bonds is 10. The number of aromatic amines is 2. The summed E-state index contributed by atoms with van der Waals surface area (Å²) in [5.41, 5.74) is 5.89. The van der Waals surface area contributed by atoms with Crippen LogP contribution < -0.4 is 10.6 Å². The zero-order chi connectivity index (χ0) is 24.2. The maximum absolute atomic E-state index is 12.6. The van der Waals surface area contributed by atoms with Gasteiger partial charge in [0.1, 0.15) is 0 Å². The zero-order valence-electron chi connectivity index (χ0n) is 19.7. The lowest BCUT2D eigenvalue weighted by Crippen LogP contribution is -2.40. The lowest BCUT2D eigenvalue weighted by molar-refractivity contribution is -0.121. The van der Waals surface area contributed by atoms with Gasteiger partial charge in [-0.3, -0.25) is 19.6 Å². The Morgan fingerprint density at radius 3 is 2.79 bits per heavy atom. The van der Waals surface area contributed by atoms with E-state index in [0.29, 0.717) is 36.4 Å². The van der Waals surface area contributed by atoms with E-state index in [1.165, 1.54) is 0 Å². The summed E-state index contributed by atoms with van der Waals surface area (Å²) in [5, 5.41) is 14.4. The van der Waals surface area contributed by atoms with Gasteiger partial charge in [-0.2, -0.15) is 5.10 Å². The minimum Gasteiger partial charge on any atom is -0.355 e.